The van der Waals surface area contributed by atoms with E-state index in [0.717, 1.165) is 0 Å². The van der Waals surface area contributed by atoms with Crippen LogP contribution in [0.15, 0.2) is 0 Å². The molecule has 0 fully saturated rings. The quantitative estimate of drug-likeness (QED) is 0.496. The van der Waals surface area contributed by atoms with Gasteiger partial charge in [0.15, 0.2) is 0 Å². The second-order valence-electron chi connectivity index (χ2n) is 0.794. The number of halogens is 2. The molecule has 0 heterocycles. The second kappa shape index (κ2) is 10.4. The summed E-state index contributed by atoms with van der Waals surface area (Å²) in [6.07, 6.45) is 0.418. The molecule has 0 aliphatic rings. The van der Waals surface area contributed by atoms with E-state index >= 15 is 0 Å². The predicted octanol–water partition coefficient (Wildman–Crippen LogP) is 2.56. The van der Waals surface area contributed by atoms with Crippen molar-refractivity contribution < 1.29 is 4.79 Å². The summed E-state index contributed by atoms with van der Waals surface area (Å²) in [7, 11) is 0. The van der Waals surface area contributed by atoms with Crippen LogP contribution in [0.5, 0.6) is 0 Å². The normalized spacial score (nSPS) is 7.00. The molecule has 8 heavy (non-hydrogen) atoms. The lowest BCUT2D eigenvalue weighted by molar-refractivity contribution is -0.111. The van der Waals surface area contributed by atoms with Crippen LogP contribution in [0.3, 0.4) is 0 Å². The van der Waals surface area contributed by atoms with E-state index < -0.39 is 0 Å². The van der Waals surface area contributed by atoms with Gasteiger partial charge in [-0.25, -0.2) is 0 Å². The van der Waals surface area contributed by atoms with Crippen LogP contribution in [0, 0.1) is 0 Å². The highest BCUT2D eigenvalue weighted by Crippen LogP contribution is 1.91. The molecule has 0 aliphatic heterocycles. The molecule has 0 rings (SSSR count). The lowest BCUT2D eigenvalue weighted by Crippen LogP contribution is -1.83. The lowest BCUT2D eigenvalue weighted by Gasteiger charge is -1.76. The van der Waals surface area contributed by atoms with E-state index in [4.69, 9.17) is 11.6 Å². The van der Waals surface area contributed by atoms with E-state index in [9.17, 15) is 4.79 Å². The molecule has 0 radical (unpaired) electrons. The van der Waals surface area contributed by atoms with Gasteiger partial charge in [0.2, 0.25) is 5.24 Å². The number of rotatable bonds is 2. The molecule has 0 bridgehead atoms. The van der Waals surface area contributed by atoms with Crippen molar-refractivity contribution in [1.29, 1.82) is 0 Å². The van der Waals surface area contributed by atoms with Gasteiger partial charge in [-0.05, 0) is 11.6 Å². The highest BCUT2D eigenvalue weighted by Gasteiger charge is 1.88. The summed E-state index contributed by atoms with van der Waals surface area (Å²) in [4.78, 5) is 9.78. The Morgan fingerprint density at radius 2 is 2.00 bits per heavy atom. The summed E-state index contributed by atoms with van der Waals surface area (Å²) in [6, 6.07) is 0. The first kappa shape index (κ1) is 11.3. The van der Waals surface area contributed by atoms with Crippen molar-refractivity contribution in [3.63, 3.8) is 0 Å². The highest BCUT2D eigenvalue weighted by atomic mass is 79.9. The molecule has 0 aromatic heterocycles. The van der Waals surface area contributed by atoms with Gasteiger partial charge in [-0.1, -0.05) is 29.8 Å². The summed E-state index contributed by atoms with van der Waals surface area (Å²) >= 11 is 7.95. The van der Waals surface area contributed by atoms with Gasteiger partial charge in [0.1, 0.15) is 0 Å². The zero-order chi connectivity index (χ0) is 6.99. The van der Waals surface area contributed by atoms with Crippen LogP contribution in [0.1, 0.15) is 20.3 Å². The van der Waals surface area contributed by atoms with E-state index in [1.807, 2.05) is 13.8 Å². The number of carbonyl (C=O) groups is 1. The van der Waals surface area contributed by atoms with Gasteiger partial charge >= 0.3 is 0 Å². The molecule has 0 saturated carbocycles. The molecule has 0 aliphatic carbocycles. The fraction of sp³-hybridized carbons (Fsp3) is 0.800. The van der Waals surface area contributed by atoms with Crippen LogP contribution in [-0.2, 0) is 4.79 Å². The molecule has 3 heteroatoms. The van der Waals surface area contributed by atoms with Gasteiger partial charge in [-0.3, -0.25) is 4.79 Å². The summed E-state index contributed by atoms with van der Waals surface area (Å²) in [6.45, 7) is 4.00. The molecule has 0 aromatic carbocycles. The van der Waals surface area contributed by atoms with Crippen LogP contribution in [-0.4, -0.2) is 10.6 Å². The predicted molar refractivity (Wildman–Crippen MR) is 40.6 cm³/mol. The Labute approximate surface area is 63.5 Å². The first-order chi connectivity index (χ1) is 3.77. The van der Waals surface area contributed by atoms with E-state index in [1.165, 1.54) is 0 Å². The number of hydrogen-bond acceptors (Lipinski definition) is 1. The standard InChI is InChI=1S/C3H4BrClO.C2H6/c4-2-1-3(5)6;1-2/h1-2H2;1-2H3. The summed E-state index contributed by atoms with van der Waals surface area (Å²) in [5.74, 6) is 0. The third kappa shape index (κ3) is 16.1. The largest absolute Gasteiger partial charge is 0.281 e. The molecule has 0 amide bonds. The van der Waals surface area contributed by atoms with Gasteiger partial charge in [-0.2, -0.15) is 0 Å². The zero-order valence-corrected chi connectivity index (χ0v) is 7.42. The average Bonchev–Trinajstić information content (AvgIpc) is 1.72. The van der Waals surface area contributed by atoms with Crippen LogP contribution >= 0.6 is 27.5 Å². The molecule has 0 unspecified atom stereocenters. The van der Waals surface area contributed by atoms with Gasteiger partial charge in [0.25, 0.3) is 0 Å². The fourth-order valence-electron chi connectivity index (χ4n) is 0.0743. The fourth-order valence-corrected chi connectivity index (χ4v) is 0.757. The lowest BCUT2D eigenvalue weighted by atomic mass is 10.6. The first-order valence-corrected chi connectivity index (χ1v) is 4.01. The zero-order valence-electron chi connectivity index (χ0n) is 5.08. The number of hydrogen-bond donors (Lipinski definition) is 0. The molecule has 0 atom stereocenters. The van der Waals surface area contributed by atoms with E-state index in [-0.39, 0.29) is 5.24 Å². The van der Waals surface area contributed by atoms with Crippen LogP contribution in [0.2, 0.25) is 0 Å². The van der Waals surface area contributed by atoms with Gasteiger partial charge < -0.3 is 0 Å². The van der Waals surface area contributed by atoms with Crippen LogP contribution in [0.4, 0.5) is 0 Å². The van der Waals surface area contributed by atoms with Crippen molar-refractivity contribution in [2.45, 2.75) is 20.3 Å². The molecular formula is C5H10BrClO. The van der Waals surface area contributed by atoms with Crippen molar-refractivity contribution in [3.8, 4) is 0 Å². The summed E-state index contributed by atoms with van der Waals surface area (Å²) < 4.78 is 0. The molecular weight excluding hydrogens is 191 g/mol. The smallest absolute Gasteiger partial charge is 0.222 e. The van der Waals surface area contributed by atoms with Crippen LogP contribution in [0.25, 0.3) is 0 Å². The van der Waals surface area contributed by atoms with Gasteiger partial charge in [0, 0.05) is 11.8 Å². The Balaban J connectivity index is 0. The average molecular weight is 201 g/mol. The minimum absolute atomic E-state index is 0.285. The first-order valence-electron chi connectivity index (χ1n) is 2.51. The SMILES string of the molecule is CC.O=C(Cl)CCBr. The molecule has 50 valence electrons. The summed E-state index contributed by atoms with van der Waals surface area (Å²) in [5.41, 5.74) is 0. The Morgan fingerprint density at radius 1 is 1.62 bits per heavy atom. The Kier molecular flexibility index (Phi) is 14.7. The molecule has 1 nitrogen and oxygen atoms in total. The maximum Gasteiger partial charge on any atom is 0.222 e. The Morgan fingerprint density at radius 3 is 2.00 bits per heavy atom. The van der Waals surface area contributed by atoms with Crippen molar-refractivity contribution in [1.82, 2.24) is 0 Å². The van der Waals surface area contributed by atoms with E-state index in [2.05, 4.69) is 15.9 Å². The Bertz CT molecular complexity index is 56.4. The highest BCUT2D eigenvalue weighted by molar-refractivity contribution is 9.09. The van der Waals surface area contributed by atoms with Gasteiger partial charge in [0.05, 0.1) is 0 Å². The summed E-state index contributed by atoms with van der Waals surface area (Å²) in [5, 5.41) is 0.377. The van der Waals surface area contributed by atoms with Crippen molar-refractivity contribution in [3.05, 3.63) is 0 Å². The van der Waals surface area contributed by atoms with E-state index in [1.54, 1.807) is 0 Å². The second-order valence-corrected chi connectivity index (χ2v) is 2.01. The van der Waals surface area contributed by atoms with Crippen molar-refractivity contribution in [2.75, 3.05) is 5.33 Å². The third-order valence-electron chi connectivity index (χ3n) is 0.291. The van der Waals surface area contributed by atoms with Gasteiger partial charge in [-0.15, -0.1) is 0 Å². The number of carbonyl (C=O) groups excluding carboxylic acids is 1. The molecule has 0 N–H and O–H groups in total. The monoisotopic (exact) mass is 200 g/mol. The molecule has 0 saturated heterocycles. The Hall–Kier alpha value is 0.440. The maximum atomic E-state index is 9.78. The maximum absolute atomic E-state index is 9.78. The van der Waals surface area contributed by atoms with E-state index in [0.29, 0.717) is 11.8 Å². The minimum atomic E-state index is -0.285. The molecule has 0 aromatic rings. The molecule has 0 spiro atoms. The topological polar surface area (TPSA) is 17.1 Å². The van der Waals surface area contributed by atoms with Crippen LogP contribution < -0.4 is 0 Å². The third-order valence-corrected chi connectivity index (χ3v) is 0.877. The van der Waals surface area contributed by atoms with Crippen molar-refractivity contribution in [2.24, 2.45) is 0 Å². The minimum Gasteiger partial charge on any atom is -0.281 e. The number of alkyl halides is 1. The van der Waals surface area contributed by atoms with Crippen molar-refractivity contribution >= 4 is 32.8 Å².